The molecule has 0 aromatic heterocycles. The summed E-state index contributed by atoms with van der Waals surface area (Å²) < 4.78 is 5.79. The van der Waals surface area contributed by atoms with Crippen LogP contribution in [0.2, 0.25) is 0 Å². The maximum atomic E-state index is 5.79. The molecule has 0 aromatic carbocycles. The Balaban J connectivity index is 1.97. The highest BCUT2D eigenvalue weighted by atomic mass is 16.5. The molecule has 1 nitrogen and oxygen atoms in total. The number of allylic oxidation sites excluding steroid dienone is 4. The van der Waals surface area contributed by atoms with Crippen LogP contribution in [0.5, 0.6) is 0 Å². The first-order valence-electron chi connectivity index (χ1n) is 4.96. The summed E-state index contributed by atoms with van der Waals surface area (Å²) in [6, 6.07) is 0. The Bertz CT molecular complexity index is 256. The Labute approximate surface area is 73.1 Å². The second-order valence-corrected chi connectivity index (χ2v) is 4.16. The molecule has 2 aliphatic heterocycles. The van der Waals surface area contributed by atoms with Crippen LogP contribution in [0.1, 0.15) is 25.7 Å². The van der Waals surface area contributed by atoms with E-state index in [1.54, 1.807) is 0 Å². The molecule has 2 bridgehead atoms. The second kappa shape index (κ2) is 2.38. The van der Waals surface area contributed by atoms with Crippen molar-refractivity contribution in [2.24, 2.45) is 11.8 Å². The normalized spacial score (nSPS) is 38.0. The van der Waals surface area contributed by atoms with Crippen LogP contribution in [-0.2, 0) is 4.74 Å². The standard InChI is InChI=1S/C11H14O/c1-2-4-11-10(3-1)9-5-8(6-9)7-12-11/h1,3,8-9H,2,4-7H2. The van der Waals surface area contributed by atoms with Crippen molar-refractivity contribution in [2.45, 2.75) is 25.7 Å². The number of hydrogen-bond acceptors (Lipinski definition) is 1. The van der Waals surface area contributed by atoms with Gasteiger partial charge in [-0.2, -0.15) is 0 Å². The van der Waals surface area contributed by atoms with E-state index in [2.05, 4.69) is 12.2 Å². The lowest BCUT2D eigenvalue weighted by Crippen LogP contribution is -2.25. The summed E-state index contributed by atoms with van der Waals surface area (Å²) in [5, 5.41) is 0. The Morgan fingerprint density at radius 3 is 3.17 bits per heavy atom. The maximum Gasteiger partial charge on any atom is 0.0997 e. The zero-order chi connectivity index (χ0) is 7.97. The van der Waals surface area contributed by atoms with Gasteiger partial charge in [-0.1, -0.05) is 12.2 Å². The average Bonchev–Trinajstić information content (AvgIpc) is 2.30. The van der Waals surface area contributed by atoms with Gasteiger partial charge in [-0.05, 0) is 36.7 Å². The molecule has 0 radical (unpaired) electrons. The average molecular weight is 162 g/mol. The molecule has 2 heterocycles. The van der Waals surface area contributed by atoms with Crippen LogP contribution < -0.4 is 0 Å². The fourth-order valence-corrected chi connectivity index (χ4v) is 2.53. The highest BCUT2D eigenvalue weighted by molar-refractivity contribution is 5.31. The highest BCUT2D eigenvalue weighted by Gasteiger charge is 2.36. The van der Waals surface area contributed by atoms with E-state index in [9.17, 15) is 0 Å². The van der Waals surface area contributed by atoms with E-state index in [1.165, 1.54) is 30.6 Å². The van der Waals surface area contributed by atoms with E-state index in [4.69, 9.17) is 4.74 Å². The molecule has 0 saturated heterocycles. The smallest absolute Gasteiger partial charge is 0.0997 e. The minimum Gasteiger partial charge on any atom is -0.497 e. The van der Waals surface area contributed by atoms with Gasteiger partial charge >= 0.3 is 0 Å². The minimum atomic E-state index is 0.851. The maximum absolute atomic E-state index is 5.79. The summed E-state index contributed by atoms with van der Waals surface area (Å²) in [5.74, 6) is 3.03. The van der Waals surface area contributed by atoms with Crippen molar-refractivity contribution < 1.29 is 4.74 Å². The summed E-state index contributed by atoms with van der Waals surface area (Å²) in [7, 11) is 0. The first-order valence-corrected chi connectivity index (χ1v) is 4.96. The van der Waals surface area contributed by atoms with Crippen molar-refractivity contribution in [3.05, 3.63) is 23.5 Å². The summed E-state index contributed by atoms with van der Waals surface area (Å²) in [6.07, 6.45) is 9.67. The SMILES string of the molecule is C1=CC2=C(CC1)OCC1CC2C1. The van der Waals surface area contributed by atoms with Crippen LogP contribution in [0.4, 0.5) is 0 Å². The van der Waals surface area contributed by atoms with Crippen LogP contribution in [0.15, 0.2) is 23.5 Å². The van der Waals surface area contributed by atoms with Gasteiger partial charge < -0.3 is 4.74 Å². The lowest BCUT2D eigenvalue weighted by molar-refractivity contribution is 0.120. The largest absolute Gasteiger partial charge is 0.497 e. The Morgan fingerprint density at radius 2 is 2.25 bits per heavy atom. The molecule has 4 rings (SSSR count). The van der Waals surface area contributed by atoms with Crippen molar-refractivity contribution in [1.82, 2.24) is 0 Å². The van der Waals surface area contributed by atoms with Gasteiger partial charge in [-0.3, -0.25) is 0 Å². The summed E-state index contributed by atoms with van der Waals surface area (Å²) in [6.45, 7) is 0.989. The van der Waals surface area contributed by atoms with Crippen LogP contribution in [0.25, 0.3) is 0 Å². The fraction of sp³-hybridized carbons (Fsp3) is 0.636. The van der Waals surface area contributed by atoms with E-state index < -0.39 is 0 Å². The van der Waals surface area contributed by atoms with Gasteiger partial charge in [0.15, 0.2) is 0 Å². The van der Waals surface area contributed by atoms with Gasteiger partial charge in [0.25, 0.3) is 0 Å². The Morgan fingerprint density at radius 1 is 1.33 bits per heavy atom. The molecule has 1 fully saturated rings. The van der Waals surface area contributed by atoms with Gasteiger partial charge in [-0.15, -0.1) is 0 Å². The molecule has 0 unspecified atom stereocenters. The quantitative estimate of drug-likeness (QED) is 0.532. The van der Waals surface area contributed by atoms with Gasteiger partial charge in [0.2, 0.25) is 0 Å². The van der Waals surface area contributed by atoms with Gasteiger partial charge in [0, 0.05) is 6.42 Å². The predicted molar refractivity (Wildman–Crippen MR) is 47.6 cm³/mol. The molecule has 0 spiro atoms. The Hall–Kier alpha value is -0.720. The molecular weight excluding hydrogens is 148 g/mol. The summed E-state index contributed by atoms with van der Waals surface area (Å²) in [4.78, 5) is 0. The second-order valence-electron chi connectivity index (χ2n) is 4.16. The molecule has 0 amide bonds. The molecule has 0 aromatic rings. The molecule has 12 heavy (non-hydrogen) atoms. The van der Waals surface area contributed by atoms with E-state index >= 15 is 0 Å². The van der Waals surface area contributed by atoms with E-state index in [0.29, 0.717) is 0 Å². The number of fused-ring (bicyclic) bond motifs is 1. The number of ether oxygens (including phenoxy) is 1. The molecule has 1 heteroatoms. The van der Waals surface area contributed by atoms with Crippen molar-refractivity contribution in [1.29, 1.82) is 0 Å². The minimum absolute atomic E-state index is 0.851. The van der Waals surface area contributed by atoms with Crippen LogP contribution >= 0.6 is 0 Å². The van der Waals surface area contributed by atoms with Crippen LogP contribution in [0.3, 0.4) is 0 Å². The molecule has 2 aliphatic carbocycles. The molecule has 64 valence electrons. The van der Waals surface area contributed by atoms with Crippen molar-refractivity contribution in [2.75, 3.05) is 6.61 Å². The number of hydrogen-bond donors (Lipinski definition) is 0. The summed E-state index contributed by atoms with van der Waals surface area (Å²) >= 11 is 0. The van der Waals surface area contributed by atoms with Gasteiger partial charge in [0.1, 0.15) is 0 Å². The van der Waals surface area contributed by atoms with Crippen LogP contribution in [0, 0.1) is 11.8 Å². The zero-order valence-corrected chi connectivity index (χ0v) is 7.25. The van der Waals surface area contributed by atoms with Gasteiger partial charge in [0.05, 0.1) is 12.4 Å². The highest BCUT2D eigenvalue weighted by Crippen LogP contribution is 2.45. The molecule has 4 aliphatic rings. The van der Waals surface area contributed by atoms with Crippen molar-refractivity contribution >= 4 is 0 Å². The fourth-order valence-electron chi connectivity index (χ4n) is 2.53. The number of rotatable bonds is 0. The predicted octanol–water partition coefficient (Wildman–Crippen LogP) is 2.65. The third kappa shape index (κ3) is 0.855. The molecule has 0 atom stereocenters. The summed E-state index contributed by atoms with van der Waals surface area (Å²) in [5.41, 5.74) is 1.52. The lowest BCUT2D eigenvalue weighted by Gasteiger charge is -2.32. The lowest BCUT2D eigenvalue weighted by atomic mass is 9.71. The van der Waals surface area contributed by atoms with Crippen molar-refractivity contribution in [3.8, 4) is 0 Å². The monoisotopic (exact) mass is 162 g/mol. The first-order chi connectivity index (χ1) is 5.93. The first kappa shape index (κ1) is 6.76. The van der Waals surface area contributed by atoms with E-state index in [-0.39, 0.29) is 0 Å². The molecule has 1 saturated carbocycles. The van der Waals surface area contributed by atoms with E-state index in [0.717, 1.165) is 24.9 Å². The van der Waals surface area contributed by atoms with Crippen molar-refractivity contribution in [3.63, 3.8) is 0 Å². The van der Waals surface area contributed by atoms with Crippen LogP contribution in [-0.4, -0.2) is 6.61 Å². The zero-order valence-electron chi connectivity index (χ0n) is 7.25. The Kier molecular flexibility index (Phi) is 1.34. The molecular formula is C11H14O. The van der Waals surface area contributed by atoms with Gasteiger partial charge in [-0.25, -0.2) is 0 Å². The topological polar surface area (TPSA) is 9.23 Å². The molecule has 0 N–H and O–H groups in total. The van der Waals surface area contributed by atoms with E-state index in [1.807, 2.05) is 0 Å². The third-order valence-corrected chi connectivity index (χ3v) is 3.33. The third-order valence-electron chi connectivity index (χ3n) is 3.33.